The van der Waals surface area contributed by atoms with Gasteiger partial charge in [0, 0.05) is 0 Å². The summed E-state index contributed by atoms with van der Waals surface area (Å²) < 4.78 is 5.12. The van der Waals surface area contributed by atoms with Gasteiger partial charge in [0.15, 0.2) is 0 Å². The van der Waals surface area contributed by atoms with Crippen LogP contribution in [0.1, 0.15) is 43.2 Å². The Morgan fingerprint density at radius 1 is 0.947 bits per heavy atom. The van der Waals surface area contributed by atoms with E-state index in [9.17, 15) is 9.59 Å². The highest BCUT2D eigenvalue weighted by atomic mass is 16.6. The van der Waals surface area contributed by atoms with E-state index in [-0.39, 0.29) is 11.9 Å². The molecule has 2 atom stereocenters. The lowest BCUT2D eigenvalue weighted by Crippen LogP contribution is -2.53. The summed E-state index contributed by atoms with van der Waals surface area (Å²) in [5, 5.41) is 0. The molecule has 1 aromatic rings. The van der Waals surface area contributed by atoms with E-state index < -0.39 is 10.8 Å². The van der Waals surface area contributed by atoms with E-state index in [1.807, 2.05) is 18.2 Å². The van der Waals surface area contributed by atoms with Gasteiger partial charge in [-0.05, 0) is 36.8 Å². The predicted molar refractivity (Wildman–Crippen MR) is 68.4 cm³/mol. The molecule has 3 nitrogen and oxygen atoms in total. The summed E-state index contributed by atoms with van der Waals surface area (Å²) in [6, 6.07) is 8.08. The van der Waals surface area contributed by atoms with Crippen LogP contribution in [-0.2, 0) is 26.2 Å². The lowest BCUT2D eigenvalue weighted by molar-refractivity contribution is -0.155. The Bertz CT molecular complexity index is 591. The van der Waals surface area contributed by atoms with Crippen LogP contribution in [0.5, 0.6) is 0 Å². The summed E-state index contributed by atoms with van der Waals surface area (Å²) in [4.78, 5) is 24.8. The van der Waals surface area contributed by atoms with Crippen molar-refractivity contribution < 1.29 is 14.3 Å². The van der Waals surface area contributed by atoms with Crippen molar-refractivity contribution in [3.05, 3.63) is 35.4 Å². The molecule has 1 heterocycles. The summed E-state index contributed by atoms with van der Waals surface area (Å²) in [6.07, 6.45) is 5.21. The summed E-state index contributed by atoms with van der Waals surface area (Å²) in [7, 11) is 0. The maximum atomic E-state index is 12.5. The van der Waals surface area contributed by atoms with Gasteiger partial charge in [0.25, 0.3) is 0 Å². The van der Waals surface area contributed by atoms with Crippen LogP contribution in [0.4, 0.5) is 0 Å². The second-order valence-electron chi connectivity index (χ2n) is 6.03. The summed E-state index contributed by atoms with van der Waals surface area (Å²) in [6.45, 7) is 0. The van der Waals surface area contributed by atoms with Crippen molar-refractivity contribution in [3.8, 4) is 0 Å². The van der Waals surface area contributed by atoms with Crippen molar-refractivity contribution in [1.29, 1.82) is 0 Å². The van der Waals surface area contributed by atoms with Crippen LogP contribution in [0.15, 0.2) is 24.3 Å². The molecule has 98 valence electrons. The second kappa shape index (κ2) is 3.47. The molecule has 0 N–H and O–H groups in total. The molecule has 1 saturated heterocycles. The third-order valence-electron chi connectivity index (χ3n) is 5.45. The van der Waals surface area contributed by atoms with Gasteiger partial charge in [-0.3, -0.25) is 9.59 Å². The van der Waals surface area contributed by atoms with E-state index in [0.717, 1.165) is 44.1 Å². The van der Waals surface area contributed by atoms with Crippen LogP contribution in [-0.4, -0.2) is 11.9 Å². The van der Waals surface area contributed by atoms with Gasteiger partial charge in [-0.25, -0.2) is 0 Å². The molecule has 2 aliphatic carbocycles. The topological polar surface area (TPSA) is 43.4 Å². The monoisotopic (exact) mass is 256 g/mol. The molecule has 1 aromatic carbocycles. The van der Waals surface area contributed by atoms with E-state index in [0.29, 0.717) is 0 Å². The number of hydrogen-bond donors (Lipinski definition) is 0. The molecule has 0 amide bonds. The largest absolute Gasteiger partial charge is 0.392 e. The zero-order valence-corrected chi connectivity index (χ0v) is 10.8. The fourth-order valence-corrected chi connectivity index (χ4v) is 4.56. The van der Waals surface area contributed by atoms with Gasteiger partial charge in [0.2, 0.25) is 0 Å². The Hall–Kier alpha value is -1.64. The van der Waals surface area contributed by atoms with Crippen LogP contribution in [0.2, 0.25) is 0 Å². The lowest BCUT2D eigenvalue weighted by Gasteiger charge is -2.48. The van der Waals surface area contributed by atoms with Gasteiger partial charge in [-0.1, -0.05) is 37.1 Å². The highest BCUT2D eigenvalue weighted by molar-refractivity contribution is 6.06. The molecular formula is C16H16O3. The van der Waals surface area contributed by atoms with E-state index >= 15 is 0 Å². The normalized spacial score (nSPS) is 36.2. The predicted octanol–water partition coefficient (Wildman–Crippen LogP) is 2.51. The Balaban J connectivity index is 2.04. The van der Waals surface area contributed by atoms with Crippen LogP contribution in [0.25, 0.3) is 0 Å². The third-order valence-corrected chi connectivity index (χ3v) is 5.45. The molecule has 3 aliphatic rings. The summed E-state index contributed by atoms with van der Waals surface area (Å²) in [5.41, 5.74) is 1.01. The van der Waals surface area contributed by atoms with E-state index in [1.165, 1.54) is 5.56 Å². The Morgan fingerprint density at radius 2 is 1.74 bits per heavy atom. The second-order valence-corrected chi connectivity index (χ2v) is 6.03. The van der Waals surface area contributed by atoms with E-state index in [2.05, 4.69) is 6.07 Å². The average molecular weight is 256 g/mol. The number of ether oxygens (including phenoxy) is 1. The first-order valence-electron chi connectivity index (χ1n) is 7.06. The minimum atomic E-state index is -0.683. The van der Waals surface area contributed by atoms with Gasteiger partial charge in [0.05, 0.1) is 5.41 Å². The molecule has 1 saturated carbocycles. The van der Waals surface area contributed by atoms with Crippen molar-refractivity contribution in [3.63, 3.8) is 0 Å². The summed E-state index contributed by atoms with van der Waals surface area (Å²) in [5.74, 6) is -0.573. The molecule has 0 unspecified atom stereocenters. The highest BCUT2D eigenvalue weighted by Gasteiger charge is 2.70. The molecule has 0 aromatic heterocycles. The molecule has 0 bridgehead atoms. The standard InChI is InChI=1S/C16H16O3/c17-13-15-8-3-4-9-16(15,14(18)19-13)12-6-2-1-5-11(12)7-10-15/h1-2,5-6H,3-4,7-10H2/t15-,16+/m1/s1. The molecule has 3 heteroatoms. The van der Waals surface area contributed by atoms with Crippen molar-refractivity contribution in [2.24, 2.45) is 5.41 Å². The minimum absolute atomic E-state index is 0.272. The SMILES string of the molecule is O=C1OC(=O)[C@@]23CCCC[C@@]12CCc1ccccc13. The molecule has 0 radical (unpaired) electrons. The smallest absolute Gasteiger partial charge is 0.325 e. The average Bonchev–Trinajstić information content (AvgIpc) is 2.69. The number of esters is 2. The molecular weight excluding hydrogens is 240 g/mol. The molecule has 1 aliphatic heterocycles. The Morgan fingerprint density at radius 3 is 2.63 bits per heavy atom. The van der Waals surface area contributed by atoms with E-state index in [4.69, 9.17) is 4.74 Å². The van der Waals surface area contributed by atoms with Gasteiger partial charge < -0.3 is 4.74 Å². The lowest BCUT2D eigenvalue weighted by atomic mass is 9.49. The first kappa shape index (κ1) is 11.2. The Kier molecular flexibility index (Phi) is 2.05. The molecule has 2 fully saturated rings. The number of carbonyl (C=O) groups excluding carboxylic acids is 2. The van der Waals surface area contributed by atoms with Crippen molar-refractivity contribution in [2.45, 2.75) is 43.9 Å². The van der Waals surface area contributed by atoms with E-state index in [1.54, 1.807) is 0 Å². The quantitative estimate of drug-likeness (QED) is 0.529. The fourth-order valence-electron chi connectivity index (χ4n) is 4.56. The Labute approximate surface area is 111 Å². The maximum Gasteiger partial charge on any atom is 0.325 e. The highest BCUT2D eigenvalue weighted by Crippen LogP contribution is 2.62. The number of cyclic esters (lactones) is 2. The number of aryl methyl sites for hydroxylation is 1. The number of rotatable bonds is 0. The maximum absolute atomic E-state index is 12.5. The van der Waals surface area contributed by atoms with Gasteiger partial charge >= 0.3 is 11.9 Å². The number of fused-ring (bicyclic) bond motifs is 1. The van der Waals surface area contributed by atoms with Crippen LogP contribution >= 0.6 is 0 Å². The first-order chi connectivity index (χ1) is 9.21. The zero-order valence-electron chi connectivity index (χ0n) is 10.8. The molecule has 4 rings (SSSR count). The zero-order chi connectivity index (χ0) is 13.1. The fraction of sp³-hybridized carbons (Fsp3) is 0.500. The number of benzene rings is 1. The molecule has 19 heavy (non-hydrogen) atoms. The third kappa shape index (κ3) is 1.10. The molecule has 0 spiro atoms. The number of hydrogen-bond acceptors (Lipinski definition) is 3. The van der Waals surface area contributed by atoms with Crippen LogP contribution in [0.3, 0.4) is 0 Å². The first-order valence-corrected chi connectivity index (χ1v) is 7.06. The minimum Gasteiger partial charge on any atom is -0.392 e. The van der Waals surface area contributed by atoms with Crippen LogP contribution < -0.4 is 0 Å². The van der Waals surface area contributed by atoms with Crippen molar-refractivity contribution >= 4 is 11.9 Å². The van der Waals surface area contributed by atoms with Crippen LogP contribution in [0, 0.1) is 5.41 Å². The van der Waals surface area contributed by atoms with Crippen molar-refractivity contribution in [2.75, 3.05) is 0 Å². The van der Waals surface area contributed by atoms with Gasteiger partial charge in [-0.15, -0.1) is 0 Å². The van der Waals surface area contributed by atoms with Gasteiger partial charge in [-0.2, -0.15) is 0 Å². The summed E-state index contributed by atoms with van der Waals surface area (Å²) >= 11 is 0. The van der Waals surface area contributed by atoms with Gasteiger partial charge in [0.1, 0.15) is 5.41 Å². The number of carbonyl (C=O) groups is 2. The van der Waals surface area contributed by atoms with Crippen molar-refractivity contribution in [1.82, 2.24) is 0 Å².